The SMILES string of the molecule is CC[C@H](CO)NC(C)c1cnc(C)nc1C. The molecule has 0 amide bonds. The lowest BCUT2D eigenvalue weighted by atomic mass is 10.1. The maximum Gasteiger partial charge on any atom is 0.125 e. The summed E-state index contributed by atoms with van der Waals surface area (Å²) in [6.07, 6.45) is 2.77. The molecule has 1 heterocycles. The van der Waals surface area contributed by atoms with Gasteiger partial charge in [-0.05, 0) is 27.2 Å². The van der Waals surface area contributed by atoms with E-state index in [4.69, 9.17) is 5.11 Å². The highest BCUT2D eigenvalue weighted by molar-refractivity contribution is 5.19. The Kier molecular flexibility index (Phi) is 4.83. The summed E-state index contributed by atoms with van der Waals surface area (Å²) < 4.78 is 0. The van der Waals surface area contributed by atoms with Crippen LogP contribution in [0.3, 0.4) is 0 Å². The zero-order valence-corrected chi connectivity index (χ0v) is 10.5. The van der Waals surface area contributed by atoms with Crippen LogP contribution in [0, 0.1) is 13.8 Å². The third-order valence-corrected chi connectivity index (χ3v) is 2.80. The number of nitrogens with zero attached hydrogens (tertiary/aromatic N) is 2. The molecule has 2 N–H and O–H groups in total. The first-order valence-corrected chi connectivity index (χ1v) is 5.75. The van der Waals surface area contributed by atoms with Gasteiger partial charge < -0.3 is 10.4 Å². The lowest BCUT2D eigenvalue weighted by molar-refractivity contribution is 0.230. The Labute approximate surface area is 97.1 Å². The van der Waals surface area contributed by atoms with Crippen LogP contribution in [0.5, 0.6) is 0 Å². The maximum atomic E-state index is 9.14. The predicted molar refractivity (Wildman–Crippen MR) is 64.2 cm³/mol. The second-order valence-corrected chi connectivity index (χ2v) is 4.13. The van der Waals surface area contributed by atoms with E-state index in [2.05, 4.69) is 29.1 Å². The van der Waals surface area contributed by atoms with E-state index in [0.29, 0.717) is 0 Å². The smallest absolute Gasteiger partial charge is 0.125 e. The van der Waals surface area contributed by atoms with Crippen molar-refractivity contribution in [1.82, 2.24) is 15.3 Å². The minimum Gasteiger partial charge on any atom is -0.395 e. The van der Waals surface area contributed by atoms with Crippen LogP contribution in [0.2, 0.25) is 0 Å². The average molecular weight is 223 g/mol. The second-order valence-electron chi connectivity index (χ2n) is 4.13. The summed E-state index contributed by atoms with van der Waals surface area (Å²) in [5.41, 5.74) is 2.10. The molecule has 1 rings (SSSR count). The second kappa shape index (κ2) is 5.92. The van der Waals surface area contributed by atoms with Gasteiger partial charge in [0.2, 0.25) is 0 Å². The fourth-order valence-corrected chi connectivity index (χ4v) is 1.76. The van der Waals surface area contributed by atoms with Crippen LogP contribution in [-0.4, -0.2) is 27.7 Å². The summed E-state index contributed by atoms with van der Waals surface area (Å²) in [5.74, 6) is 0.794. The monoisotopic (exact) mass is 223 g/mol. The zero-order chi connectivity index (χ0) is 12.1. The van der Waals surface area contributed by atoms with Crippen LogP contribution in [0.25, 0.3) is 0 Å². The van der Waals surface area contributed by atoms with Crippen molar-refractivity contribution in [3.63, 3.8) is 0 Å². The number of aliphatic hydroxyl groups is 1. The molecule has 1 unspecified atom stereocenters. The highest BCUT2D eigenvalue weighted by Crippen LogP contribution is 2.15. The standard InChI is InChI=1S/C12H21N3O/c1-5-11(7-16)15-9(3)12-6-13-10(4)14-8(12)2/h6,9,11,15-16H,5,7H2,1-4H3/t9?,11-/m1/s1. The van der Waals surface area contributed by atoms with Gasteiger partial charge in [-0.3, -0.25) is 0 Å². The summed E-state index contributed by atoms with van der Waals surface area (Å²) >= 11 is 0. The molecular weight excluding hydrogens is 202 g/mol. The number of aryl methyl sites for hydroxylation is 2. The van der Waals surface area contributed by atoms with Crippen LogP contribution < -0.4 is 5.32 Å². The van der Waals surface area contributed by atoms with Gasteiger partial charge in [0.1, 0.15) is 5.82 Å². The highest BCUT2D eigenvalue weighted by Gasteiger charge is 2.13. The molecule has 2 atom stereocenters. The molecule has 0 saturated carbocycles. The van der Waals surface area contributed by atoms with Crippen LogP contribution in [0.15, 0.2) is 6.20 Å². The van der Waals surface area contributed by atoms with Crippen LogP contribution in [0.1, 0.15) is 43.4 Å². The van der Waals surface area contributed by atoms with E-state index in [0.717, 1.165) is 23.5 Å². The van der Waals surface area contributed by atoms with Gasteiger partial charge in [0.15, 0.2) is 0 Å². The number of rotatable bonds is 5. The van der Waals surface area contributed by atoms with Crippen molar-refractivity contribution in [3.05, 3.63) is 23.3 Å². The lowest BCUT2D eigenvalue weighted by Gasteiger charge is -2.21. The van der Waals surface area contributed by atoms with Crippen molar-refractivity contribution >= 4 is 0 Å². The van der Waals surface area contributed by atoms with Gasteiger partial charge in [0.25, 0.3) is 0 Å². The Balaban J connectivity index is 2.76. The third kappa shape index (κ3) is 3.25. The van der Waals surface area contributed by atoms with Gasteiger partial charge in [0.05, 0.1) is 6.61 Å². The lowest BCUT2D eigenvalue weighted by Crippen LogP contribution is -2.34. The first-order valence-electron chi connectivity index (χ1n) is 5.75. The van der Waals surface area contributed by atoms with Gasteiger partial charge in [0, 0.05) is 29.5 Å². The number of aromatic nitrogens is 2. The Hall–Kier alpha value is -1.00. The van der Waals surface area contributed by atoms with Crippen molar-refractivity contribution < 1.29 is 5.11 Å². The quantitative estimate of drug-likeness (QED) is 0.794. The minimum absolute atomic E-state index is 0.135. The van der Waals surface area contributed by atoms with Crippen molar-refractivity contribution in [2.24, 2.45) is 0 Å². The van der Waals surface area contributed by atoms with Gasteiger partial charge in [-0.15, -0.1) is 0 Å². The molecule has 90 valence electrons. The zero-order valence-electron chi connectivity index (χ0n) is 10.5. The summed E-state index contributed by atoms with van der Waals surface area (Å²) in [5, 5.41) is 12.5. The molecule has 0 spiro atoms. The molecule has 0 aromatic carbocycles. The molecule has 0 saturated heterocycles. The molecule has 0 radical (unpaired) electrons. The van der Waals surface area contributed by atoms with Crippen LogP contribution in [0.4, 0.5) is 0 Å². The first kappa shape index (κ1) is 13.1. The Morgan fingerprint density at radius 1 is 1.44 bits per heavy atom. The molecule has 0 bridgehead atoms. The van der Waals surface area contributed by atoms with Gasteiger partial charge in [-0.1, -0.05) is 6.92 Å². The molecular formula is C12H21N3O. The van der Waals surface area contributed by atoms with E-state index >= 15 is 0 Å². The van der Waals surface area contributed by atoms with Crippen LogP contribution >= 0.6 is 0 Å². The summed E-state index contributed by atoms with van der Waals surface area (Å²) in [6.45, 7) is 8.16. The Morgan fingerprint density at radius 3 is 2.62 bits per heavy atom. The molecule has 0 aliphatic carbocycles. The van der Waals surface area contributed by atoms with E-state index in [1.54, 1.807) is 0 Å². The predicted octanol–water partition coefficient (Wildman–Crippen LogP) is 1.51. The molecule has 0 aliphatic rings. The van der Waals surface area contributed by atoms with Gasteiger partial charge >= 0.3 is 0 Å². The molecule has 0 aliphatic heterocycles. The van der Waals surface area contributed by atoms with E-state index < -0.39 is 0 Å². The average Bonchev–Trinajstić information content (AvgIpc) is 2.25. The van der Waals surface area contributed by atoms with Crippen molar-refractivity contribution in [2.45, 2.75) is 46.2 Å². The maximum absolute atomic E-state index is 9.14. The molecule has 1 aromatic rings. The van der Waals surface area contributed by atoms with E-state index in [9.17, 15) is 0 Å². The van der Waals surface area contributed by atoms with Crippen molar-refractivity contribution in [2.75, 3.05) is 6.61 Å². The Morgan fingerprint density at radius 2 is 2.12 bits per heavy atom. The fraction of sp³-hybridized carbons (Fsp3) is 0.667. The molecule has 4 nitrogen and oxygen atoms in total. The summed E-state index contributed by atoms with van der Waals surface area (Å²) in [7, 11) is 0. The molecule has 4 heteroatoms. The summed E-state index contributed by atoms with van der Waals surface area (Å²) in [4.78, 5) is 8.55. The highest BCUT2D eigenvalue weighted by atomic mass is 16.3. The topological polar surface area (TPSA) is 58.0 Å². The number of nitrogens with one attached hydrogen (secondary N) is 1. The molecule has 16 heavy (non-hydrogen) atoms. The normalized spacial score (nSPS) is 14.8. The number of aliphatic hydroxyl groups excluding tert-OH is 1. The number of hydrogen-bond donors (Lipinski definition) is 2. The van der Waals surface area contributed by atoms with Gasteiger partial charge in [-0.2, -0.15) is 0 Å². The van der Waals surface area contributed by atoms with E-state index in [1.165, 1.54) is 0 Å². The van der Waals surface area contributed by atoms with Crippen molar-refractivity contribution in [1.29, 1.82) is 0 Å². The van der Waals surface area contributed by atoms with Crippen LogP contribution in [-0.2, 0) is 0 Å². The first-order chi connectivity index (χ1) is 7.58. The molecule has 0 fully saturated rings. The van der Waals surface area contributed by atoms with Gasteiger partial charge in [-0.25, -0.2) is 9.97 Å². The third-order valence-electron chi connectivity index (χ3n) is 2.80. The largest absolute Gasteiger partial charge is 0.395 e. The van der Waals surface area contributed by atoms with E-state index in [1.807, 2.05) is 20.0 Å². The van der Waals surface area contributed by atoms with E-state index in [-0.39, 0.29) is 18.7 Å². The fourth-order valence-electron chi connectivity index (χ4n) is 1.76. The summed E-state index contributed by atoms with van der Waals surface area (Å²) in [6, 6.07) is 0.299. The number of hydrogen-bond acceptors (Lipinski definition) is 4. The van der Waals surface area contributed by atoms with Crippen molar-refractivity contribution in [3.8, 4) is 0 Å². The Bertz CT molecular complexity index is 337. The molecule has 1 aromatic heterocycles. The minimum atomic E-state index is 0.135.